The minimum Gasteiger partial charge on any atom is -0.444 e. The maximum Gasteiger partial charge on any atom is 0.262 e. The van der Waals surface area contributed by atoms with E-state index < -0.39 is 25.2 Å². The lowest BCUT2D eigenvalue weighted by Gasteiger charge is -2.20. The summed E-state index contributed by atoms with van der Waals surface area (Å²) in [4.78, 5) is 37.9. The van der Waals surface area contributed by atoms with E-state index in [0.29, 0.717) is 22.9 Å². The van der Waals surface area contributed by atoms with E-state index in [2.05, 4.69) is 25.6 Å². The monoisotopic (exact) mass is 428 g/mol. The Labute approximate surface area is 177 Å². The highest BCUT2D eigenvalue weighted by atomic mass is 16.3. The molecular formula is C20H24N6O5. The smallest absolute Gasteiger partial charge is 0.262 e. The van der Waals surface area contributed by atoms with Gasteiger partial charge in [0.15, 0.2) is 0 Å². The average Bonchev–Trinajstić information content (AvgIpc) is 3.19. The van der Waals surface area contributed by atoms with E-state index >= 15 is 0 Å². The summed E-state index contributed by atoms with van der Waals surface area (Å²) in [5, 5.41) is 24.1. The number of carbonyl (C=O) groups is 1. The predicted molar refractivity (Wildman–Crippen MR) is 115 cm³/mol. The predicted octanol–water partition coefficient (Wildman–Crippen LogP) is 0.626. The number of aryl methyl sites for hydroxylation is 1. The second-order valence-corrected chi connectivity index (χ2v) is 7.04. The van der Waals surface area contributed by atoms with E-state index in [9.17, 15) is 19.8 Å². The minimum atomic E-state index is -0.800. The van der Waals surface area contributed by atoms with E-state index in [1.807, 2.05) is 0 Å². The lowest BCUT2D eigenvalue weighted by atomic mass is 10.1. The van der Waals surface area contributed by atoms with Gasteiger partial charge in [0.1, 0.15) is 17.6 Å². The molecule has 0 radical (unpaired) electrons. The first-order valence-corrected chi connectivity index (χ1v) is 9.44. The lowest BCUT2D eigenvalue weighted by Crippen LogP contribution is -2.40. The van der Waals surface area contributed by atoms with Gasteiger partial charge in [-0.2, -0.15) is 0 Å². The molecular weight excluding hydrogens is 404 g/mol. The van der Waals surface area contributed by atoms with Gasteiger partial charge in [-0.25, -0.2) is 4.98 Å². The number of aliphatic hydroxyl groups excluding tert-OH is 2. The van der Waals surface area contributed by atoms with Crippen molar-refractivity contribution in [1.29, 1.82) is 0 Å². The molecule has 5 N–H and O–H groups in total. The Hall–Kier alpha value is -3.70. The molecule has 0 atom stereocenters. The highest BCUT2D eigenvalue weighted by Gasteiger charge is 2.19. The first-order valence-electron chi connectivity index (χ1n) is 9.44. The van der Waals surface area contributed by atoms with Crippen molar-refractivity contribution in [3.8, 4) is 11.5 Å². The zero-order valence-corrected chi connectivity index (χ0v) is 17.3. The summed E-state index contributed by atoms with van der Waals surface area (Å²) in [5.74, 6) is 0.125. The molecule has 3 aromatic heterocycles. The van der Waals surface area contributed by atoms with Gasteiger partial charge in [0.05, 0.1) is 41.9 Å². The van der Waals surface area contributed by atoms with Crippen LogP contribution in [-0.2, 0) is 0 Å². The third-order valence-electron chi connectivity index (χ3n) is 4.43. The Balaban J connectivity index is 2.02. The molecule has 0 saturated carbocycles. The molecule has 164 valence electrons. The number of hydrogen-bond donors (Lipinski definition) is 5. The first-order chi connectivity index (χ1) is 14.8. The van der Waals surface area contributed by atoms with Crippen LogP contribution in [-0.4, -0.2) is 64.4 Å². The van der Waals surface area contributed by atoms with E-state index in [4.69, 9.17) is 4.42 Å². The van der Waals surface area contributed by atoms with Crippen molar-refractivity contribution in [2.75, 3.05) is 37.5 Å². The van der Waals surface area contributed by atoms with Crippen LogP contribution in [0, 0.1) is 6.92 Å². The summed E-state index contributed by atoms with van der Waals surface area (Å²) in [5.41, 5.74) is 1.58. The summed E-state index contributed by atoms with van der Waals surface area (Å²) in [6, 6.07) is 2.39. The number of aromatic amines is 1. The Bertz CT molecular complexity index is 1120. The van der Waals surface area contributed by atoms with Crippen LogP contribution in [0.1, 0.15) is 16.1 Å². The fourth-order valence-corrected chi connectivity index (χ4v) is 2.85. The highest BCUT2D eigenvalue weighted by Crippen LogP contribution is 2.29. The second kappa shape index (κ2) is 9.41. The van der Waals surface area contributed by atoms with Crippen LogP contribution in [0.15, 0.2) is 40.0 Å². The quantitative estimate of drug-likeness (QED) is 0.347. The van der Waals surface area contributed by atoms with Gasteiger partial charge in [0.2, 0.25) is 5.89 Å². The zero-order chi connectivity index (χ0) is 22.5. The van der Waals surface area contributed by atoms with Gasteiger partial charge in [0.25, 0.3) is 11.5 Å². The number of amides is 1. The molecule has 31 heavy (non-hydrogen) atoms. The molecule has 0 saturated heterocycles. The molecule has 0 fully saturated rings. The van der Waals surface area contributed by atoms with Crippen molar-refractivity contribution in [2.24, 2.45) is 0 Å². The molecule has 3 heterocycles. The van der Waals surface area contributed by atoms with Crippen molar-refractivity contribution in [1.82, 2.24) is 20.3 Å². The third-order valence-corrected chi connectivity index (χ3v) is 4.43. The van der Waals surface area contributed by atoms with Crippen LogP contribution in [0.3, 0.4) is 0 Å². The summed E-state index contributed by atoms with van der Waals surface area (Å²) < 4.78 is 5.37. The van der Waals surface area contributed by atoms with Crippen LogP contribution in [0.4, 0.5) is 17.2 Å². The van der Waals surface area contributed by atoms with Crippen molar-refractivity contribution >= 4 is 23.1 Å². The summed E-state index contributed by atoms with van der Waals surface area (Å²) >= 11 is 0. The second-order valence-electron chi connectivity index (χ2n) is 7.04. The van der Waals surface area contributed by atoms with E-state index in [1.165, 1.54) is 18.7 Å². The number of nitrogens with zero attached hydrogens (tertiary/aromatic N) is 3. The number of pyridine rings is 2. The molecule has 0 aromatic carbocycles. The minimum absolute atomic E-state index is 0.175. The van der Waals surface area contributed by atoms with E-state index in [-0.39, 0.29) is 22.6 Å². The van der Waals surface area contributed by atoms with Crippen LogP contribution in [0.25, 0.3) is 11.5 Å². The molecule has 0 bridgehead atoms. The Morgan fingerprint density at radius 3 is 2.65 bits per heavy atom. The number of hydrogen-bond acceptors (Lipinski definition) is 9. The van der Waals surface area contributed by atoms with Gasteiger partial charge < -0.3 is 35.1 Å². The largest absolute Gasteiger partial charge is 0.444 e. The molecule has 1 amide bonds. The topological polar surface area (TPSA) is 157 Å². The fraction of sp³-hybridized carbons (Fsp3) is 0.300. The molecule has 0 spiro atoms. The molecule has 3 aromatic rings. The number of aliphatic hydroxyl groups is 2. The molecule has 0 aliphatic carbocycles. The number of oxazole rings is 1. The summed E-state index contributed by atoms with van der Waals surface area (Å²) in [6.07, 6.45) is 4.32. The standard InChI is InChI=1S/C20H24N6O5/c1-11-10-31-20(22-11)13-6-16(17(26(2)3)25-18(13)29)24-15-4-5-21-7-14(15)19(30)23-12(8-27)9-28/h4-7,10,12,27-28H,8-9H2,1-3H3,(H,21,24)(H,23,30)(H,25,29). The van der Waals surface area contributed by atoms with Crippen molar-refractivity contribution < 1.29 is 19.4 Å². The average molecular weight is 428 g/mol. The molecule has 0 unspecified atom stereocenters. The van der Waals surface area contributed by atoms with Gasteiger partial charge in [-0.15, -0.1) is 0 Å². The zero-order valence-electron chi connectivity index (χ0n) is 17.3. The Kier molecular flexibility index (Phi) is 6.68. The van der Waals surface area contributed by atoms with E-state index in [1.54, 1.807) is 38.1 Å². The number of nitrogens with one attached hydrogen (secondary N) is 3. The van der Waals surface area contributed by atoms with Crippen molar-refractivity contribution in [2.45, 2.75) is 13.0 Å². The van der Waals surface area contributed by atoms with Gasteiger partial charge in [-0.05, 0) is 19.1 Å². The van der Waals surface area contributed by atoms with Gasteiger partial charge in [0, 0.05) is 26.5 Å². The van der Waals surface area contributed by atoms with Gasteiger partial charge in [-0.1, -0.05) is 0 Å². The molecule has 3 rings (SSSR count). The number of aromatic nitrogens is 3. The SMILES string of the molecule is Cc1coc(-c2cc(Nc3ccncc3C(=O)NC(CO)CO)c(N(C)C)[nH]c2=O)n1. The Morgan fingerprint density at radius 2 is 2.03 bits per heavy atom. The fourth-order valence-electron chi connectivity index (χ4n) is 2.85. The van der Waals surface area contributed by atoms with E-state index in [0.717, 1.165) is 0 Å². The maximum atomic E-state index is 12.6. The number of H-pyrrole nitrogens is 1. The number of anilines is 3. The van der Waals surface area contributed by atoms with Crippen LogP contribution < -0.4 is 21.1 Å². The van der Waals surface area contributed by atoms with Crippen LogP contribution in [0.5, 0.6) is 0 Å². The maximum absolute atomic E-state index is 12.6. The lowest BCUT2D eigenvalue weighted by molar-refractivity contribution is 0.0880. The Morgan fingerprint density at radius 1 is 1.29 bits per heavy atom. The molecule has 0 aliphatic heterocycles. The number of rotatable bonds is 8. The molecule has 11 nitrogen and oxygen atoms in total. The molecule has 11 heteroatoms. The third kappa shape index (κ3) is 4.90. The molecule has 0 aliphatic rings. The van der Waals surface area contributed by atoms with Gasteiger partial charge in [-0.3, -0.25) is 14.6 Å². The van der Waals surface area contributed by atoms with Crippen LogP contribution in [0.2, 0.25) is 0 Å². The van der Waals surface area contributed by atoms with Crippen molar-refractivity contribution in [3.63, 3.8) is 0 Å². The van der Waals surface area contributed by atoms with Crippen molar-refractivity contribution in [3.05, 3.63) is 52.4 Å². The number of carbonyl (C=O) groups excluding carboxylic acids is 1. The summed E-state index contributed by atoms with van der Waals surface area (Å²) in [7, 11) is 3.53. The van der Waals surface area contributed by atoms with Crippen LogP contribution >= 0.6 is 0 Å². The highest BCUT2D eigenvalue weighted by molar-refractivity contribution is 6.00. The normalized spacial score (nSPS) is 10.9. The first kappa shape index (κ1) is 22.0. The van der Waals surface area contributed by atoms with Gasteiger partial charge >= 0.3 is 0 Å². The summed E-state index contributed by atoms with van der Waals surface area (Å²) in [6.45, 7) is 0.937.